The number of nitrogens with zero attached hydrogens (tertiary/aromatic N) is 1. The van der Waals surface area contributed by atoms with E-state index in [0.717, 1.165) is 25.0 Å². The van der Waals surface area contributed by atoms with E-state index in [1.807, 2.05) is 19.9 Å². The van der Waals surface area contributed by atoms with E-state index in [1.165, 1.54) is 0 Å². The maximum Gasteiger partial charge on any atom is 0.142 e. The number of ether oxygens (including phenoxy) is 2. The summed E-state index contributed by atoms with van der Waals surface area (Å²) in [6.07, 6.45) is 2.79. The van der Waals surface area contributed by atoms with Gasteiger partial charge in [-0.1, -0.05) is 0 Å². The summed E-state index contributed by atoms with van der Waals surface area (Å²) in [6.45, 7) is 4.54. The fraction of sp³-hybridized carbons (Fsp3) is 0.533. The molecule has 2 N–H and O–H groups in total. The van der Waals surface area contributed by atoms with E-state index in [4.69, 9.17) is 20.5 Å². The molecule has 0 fully saturated rings. The Balaban J connectivity index is 2.31. The van der Waals surface area contributed by atoms with E-state index in [1.54, 1.807) is 19.2 Å². The zero-order chi connectivity index (χ0) is 14.3. The van der Waals surface area contributed by atoms with E-state index in [2.05, 4.69) is 6.07 Å². The standard InChI is InChI=1S/C15H22N2O2/c1-15(2,11-16)8-4-5-9-19-12-6-7-14(18-3)13(17)10-12/h6-7,10H,4-5,8-9,17H2,1-3H3. The third kappa shape index (κ3) is 5.09. The molecule has 0 spiro atoms. The van der Waals surface area contributed by atoms with Crippen LogP contribution in [0.4, 0.5) is 5.69 Å². The summed E-state index contributed by atoms with van der Waals surface area (Å²) in [7, 11) is 1.59. The van der Waals surface area contributed by atoms with Crippen LogP contribution in [0.25, 0.3) is 0 Å². The smallest absolute Gasteiger partial charge is 0.142 e. The number of unbranched alkanes of at least 4 members (excludes halogenated alkanes) is 1. The van der Waals surface area contributed by atoms with Crippen molar-refractivity contribution in [3.8, 4) is 17.6 Å². The Morgan fingerprint density at radius 3 is 2.63 bits per heavy atom. The lowest BCUT2D eigenvalue weighted by atomic mass is 9.89. The van der Waals surface area contributed by atoms with Crippen LogP contribution in [-0.2, 0) is 0 Å². The highest BCUT2D eigenvalue weighted by molar-refractivity contribution is 5.56. The molecule has 1 aromatic rings. The van der Waals surface area contributed by atoms with Crippen molar-refractivity contribution in [1.82, 2.24) is 0 Å². The molecule has 0 aliphatic heterocycles. The summed E-state index contributed by atoms with van der Waals surface area (Å²) in [5, 5.41) is 8.90. The van der Waals surface area contributed by atoms with Gasteiger partial charge in [0.25, 0.3) is 0 Å². The Labute approximate surface area is 115 Å². The third-order valence-corrected chi connectivity index (χ3v) is 2.97. The van der Waals surface area contributed by atoms with Gasteiger partial charge in [0.15, 0.2) is 0 Å². The van der Waals surface area contributed by atoms with Crippen molar-refractivity contribution in [2.75, 3.05) is 19.5 Å². The van der Waals surface area contributed by atoms with Crippen molar-refractivity contribution >= 4 is 5.69 Å². The quantitative estimate of drug-likeness (QED) is 0.604. The van der Waals surface area contributed by atoms with Crippen LogP contribution in [0.3, 0.4) is 0 Å². The monoisotopic (exact) mass is 262 g/mol. The van der Waals surface area contributed by atoms with Crippen molar-refractivity contribution in [1.29, 1.82) is 5.26 Å². The normalized spacial score (nSPS) is 10.8. The van der Waals surface area contributed by atoms with E-state index < -0.39 is 0 Å². The minimum absolute atomic E-state index is 0.245. The average molecular weight is 262 g/mol. The molecule has 0 radical (unpaired) electrons. The molecule has 0 aliphatic carbocycles. The molecular weight excluding hydrogens is 240 g/mol. The van der Waals surface area contributed by atoms with Gasteiger partial charge in [0.05, 0.1) is 30.9 Å². The minimum atomic E-state index is -0.245. The van der Waals surface area contributed by atoms with Gasteiger partial charge < -0.3 is 15.2 Å². The predicted octanol–water partition coefficient (Wildman–Crippen LogP) is 3.38. The fourth-order valence-corrected chi connectivity index (χ4v) is 1.72. The zero-order valence-corrected chi connectivity index (χ0v) is 11.9. The van der Waals surface area contributed by atoms with Gasteiger partial charge in [-0.05, 0) is 45.2 Å². The summed E-state index contributed by atoms with van der Waals surface area (Å²) < 4.78 is 10.7. The molecule has 0 atom stereocenters. The summed E-state index contributed by atoms with van der Waals surface area (Å²) >= 11 is 0. The number of anilines is 1. The Hall–Kier alpha value is -1.89. The minimum Gasteiger partial charge on any atom is -0.495 e. The number of rotatable bonds is 7. The maximum absolute atomic E-state index is 8.90. The molecule has 0 heterocycles. The molecule has 4 nitrogen and oxygen atoms in total. The van der Waals surface area contributed by atoms with Crippen LogP contribution in [-0.4, -0.2) is 13.7 Å². The van der Waals surface area contributed by atoms with Gasteiger partial charge in [-0.15, -0.1) is 0 Å². The second-order valence-electron chi connectivity index (χ2n) is 5.21. The highest BCUT2D eigenvalue weighted by Gasteiger charge is 2.15. The van der Waals surface area contributed by atoms with Crippen molar-refractivity contribution in [2.45, 2.75) is 33.1 Å². The maximum atomic E-state index is 8.90. The summed E-state index contributed by atoms with van der Waals surface area (Å²) in [5.41, 5.74) is 6.13. The van der Waals surface area contributed by atoms with Gasteiger partial charge in [-0.2, -0.15) is 5.26 Å². The average Bonchev–Trinajstić information content (AvgIpc) is 2.38. The SMILES string of the molecule is COc1ccc(OCCCCC(C)(C)C#N)cc1N. The van der Waals surface area contributed by atoms with E-state index in [-0.39, 0.29) is 5.41 Å². The Kier molecular flexibility index (Phi) is 5.50. The molecule has 0 saturated carbocycles. The van der Waals surface area contributed by atoms with Gasteiger partial charge >= 0.3 is 0 Å². The number of nitriles is 1. The Morgan fingerprint density at radius 2 is 2.05 bits per heavy atom. The van der Waals surface area contributed by atoms with E-state index in [0.29, 0.717) is 18.0 Å². The van der Waals surface area contributed by atoms with Crippen LogP contribution < -0.4 is 15.2 Å². The van der Waals surface area contributed by atoms with Gasteiger partial charge in [0.1, 0.15) is 11.5 Å². The van der Waals surface area contributed by atoms with Crippen molar-refractivity contribution in [3.05, 3.63) is 18.2 Å². The lowest BCUT2D eigenvalue weighted by Gasteiger charge is -2.14. The first-order chi connectivity index (χ1) is 8.98. The van der Waals surface area contributed by atoms with Crippen LogP contribution >= 0.6 is 0 Å². The fourth-order valence-electron chi connectivity index (χ4n) is 1.72. The molecular formula is C15H22N2O2. The molecule has 4 heteroatoms. The molecule has 0 amide bonds. The Bertz CT molecular complexity index is 450. The molecule has 0 aromatic heterocycles. The first kappa shape index (κ1) is 15.2. The number of methoxy groups -OCH3 is 1. The van der Waals surface area contributed by atoms with Crippen LogP contribution in [0.1, 0.15) is 33.1 Å². The van der Waals surface area contributed by atoms with Crippen LogP contribution in [0.2, 0.25) is 0 Å². The number of benzene rings is 1. The molecule has 0 aliphatic rings. The molecule has 0 bridgehead atoms. The number of nitrogen functional groups attached to an aromatic ring is 1. The zero-order valence-electron chi connectivity index (χ0n) is 11.9. The topological polar surface area (TPSA) is 68.3 Å². The van der Waals surface area contributed by atoms with E-state index in [9.17, 15) is 0 Å². The van der Waals surface area contributed by atoms with Crippen molar-refractivity contribution in [3.63, 3.8) is 0 Å². The summed E-state index contributed by atoms with van der Waals surface area (Å²) in [5.74, 6) is 1.40. The first-order valence-electron chi connectivity index (χ1n) is 6.46. The van der Waals surface area contributed by atoms with Crippen LogP contribution in [0.5, 0.6) is 11.5 Å². The molecule has 0 saturated heterocycles. The largest absolute Gasteiger partial charge is 0.495 e. The number of hydrogen-bond acceptors (Lipinski definition) is 4. The number of hydrogen-bond donors (Lipinski definition) is 1. The van der Waals surface area contributed by atoms with Gasteiger partial charge in [0, 0.05) is 6.07 Å². The molecule has 0 unspecified atom stereocenters. The first-order valence-corrected chi connectivity index (χ1v) is 6.46. The lowest BCUT2D eigenvalue weighted by molar-refractivity contribution is 0.294. The highest BCUT2D eigenvalue weighted by Crippen LogP contribution is 2.26. The molecule has 19 heavy (non-hydrogen) atoms. The second-order valence-corrected chi connectivity index (χ2v) is 5.21. The highest BCUT2D eigenvalue weighted by atomic mass is 16.5. The van der Waals surface area contributed by atoms with Gasteiger partial charge in [-0.25, -0.2) is 0 Å². The molecule has 1 aromatic carbocycles. The summed E-state index contributed by atoms with van der Waals surface area (Å²) in [6, 6.07) is 7.70. The van der Waals surface area contributed by atoms with Crippen molar-refractivity contribution < 1.29 is 9.47 Å². The van der Waals surface area contributed by atoms with E-state index >= 15 is 0 Å². The summed E-state index contributed by atoms with van der Waals surface area (Å²) in [4.78, 5) is 0. The van der Waals surface area contributed by atoms with Crippen molar-refractivity contribution in [2.24, 2.45) is 5.41 Å². The van der Waals surface area contributed by atoms with Crippen LogP contribution in [0.15, 0.2) is 18.2 Å². The Morgan fingerprint density at radius 1 is 1.32 bits per heavy atom. The van der Waals surface area contributed by atoms with Crippen LogP contribution in [0, 0.1) is 16.7 Å². The van der Waals surface area contributed by atoms with Gasteiger partial charge in [0.2, 0.25) is 0 Å². The van der Waals surface area contributed by atoms with Gasteiger partial charge in [-0.3, -0.25) is 0 Å². The lowest BCUT2D eigenvalue weighted by Crippen LogP contribution is -2.08. The predicted molar refractivity (Wildman–Crippen MR) is 76.1 cm³/mol. The molecule has 1 rings (SSSR count). The second kappa shape index (κ2) is 6.89. The number of nitrogens with two attached hydrogens (primary N) is 1. The third-order valence-electron chi connectivity index (χ3n) is 2.97. The molecule has 104 valence electrons.